The number of piperidine rings is 1. The van der Waals surface area contributed by atoms with Gasteiger partial charge in [-0.3, -0.25) is 9.69 Å². The molecule has 4 rings (SSSR count). The first-order chi connectivity index (χ1) is 9.79. The van der Waals surface area contributed by atoms with Crippen LogP contribution in [0.3, 0.4) is 0 Å². The van der Waals surface area contributed by atoms with Crippen LogP contribution in [-0.2, 0) is 4.79 Å². The standard InChI is InChI=1S/C16H29N3O/c20-16(18-14-5-3-1-2-4-6-14)12-19-10-13-7-8-15(11-19)17-9-13/h13-15,17H,1-12H2,(H,18,20)/t13-,15-/m0/s1. The SMILES string of the molecule is O=C(CN1C[C@H]2CC[C@@H](C1)NC2)NC1CCCCCC1. The minimum Gasteiger partial charge on any atom is -0.352 e. The average Bonchev–Trinajstić information content (AvgIpc) is 2.85. The topological polar surface area (TPSA) is 44.4 Å². The molecular weight excluding hydrogens is 250 g/mol. The van der Waals surface area contributed by atoms with E-state index in [0.29, 0.717) is 18.6 Å². The minimum absolute atomic E-state index is 0.248. The van der Waals surface area contributed by atoms with Crippen LogP contribution < -0.4 is 10.6 Å². The number of fused-ring (bicyclic) bond motifs is 4. The normalized spacial score (nSPS) is 32.6. The Morgan fingerprint density at radius 1 is 1.05 bits per heavy atom. The lowest BCUT2D eigenvalue weighted by Crippen LogP contribution is -2.44. The predicted molar refractivity (Wildman–Crippen MR) is 80.6 cm³/mol. The first-order valence-electron chi connectivity index (χ1n) is 8.55. The van der Waals surface area contributed by atoms with Gasteiger partial charge in [0.05, 0.1) is 6.54 Å². The summed E-state index contributed by atoms with van der Waals surface area (Å²) < 4.78 is 0. The zero-order valence-corrected chi connectivity index (χ0v) is 12.6. The molecule has 4 nitrogen and oxygen atoms in total. The fraction of sp³-hybridized carbons (Fsp3) is 0.938. The Kier molecular flexibility index (Phi) is 4.94. The van der Waals surface area contributed by atoms with Crippen molar-refractivity contribution in [1.29, 1.82) is 0 Å². The van der Waals surface area contributed by atoms with E-state index in [-0.39, 0.29) is 5.91 Å². The number of carbonyl (C=O) groups is 1. The second kappa shape index (κ2) is 6.90. The van der Waals surface area contributed by atoms with E-state index in [1.807, 2.05) is 0 Å². The summed E-state index contributed by atoms with van der Waals surface area (Å²) in [5.74, 6) is 0.998. The molecule has 4 fully saturated rings. The maximum atomic E-state index is 12.3. The van der Waals surface area contributed by atoms with Gasteiger partial charge in [-0.15, -0.1) is 0 Å². The lowest BCUT2D eigenvalue weighted by molar-refractivity contribution is -0.123. The van der Waals surface area contributed by atoms with E-state index in [1.165, 1.54) is 51.4 Å². The monoisotopic (exact) mass is 279 g/mol. The van der Waals surface area contributed by atoms with Gasteiger partial charge in [-0.2, -0.15) is 0 Å². The summed E-state index contributed by atoms with van der Waals surface area (Å²) in [4.78, 5) is 14.6. The number of rotatable bonds is 3. The third-order valence-electron chi connectivity index (χ3n) is 5.20. The van der Waals surface area contributed by atoms with Gasteiger partial charge in [0.25, 0.3) is 0 Å². The van der Waals surface area contributed by atoms with Gasteiger partial charge < -0.3 is 10.6 Å². The summed E-state index contributed by atoms with van der Waals surface area (Å²) in [5, 5.41) is 6.88. The van der Waals surface area contributed by atoms with E-state index in [9.17, 15) is 4.79 Å². The minimum atomic E-state index is 0.248. The summed E-state index contributed by atoms with van der Waals surface area (Å²) in [5.41, 5.74) is 0. The molecule has 1 amide bonds. The van der Waals surface area contributed by atoms with Crippen molar-refractivity contribution in [1.82, 2.24) is 15.5 Å². The maximum absolute atomic E-state index is 12.3. The number of hydrogen-bond donors (Lipinski definition) is 2. The zero-order chi connectivity index (χ0) is 13.8. The molecule has 2 atom stereocenters. The van der Waals surface area contributed by atoms with Crippen LogP contribution in [0.1, 0.15) is 51.4 Å². The molecule has 0 aromatic heterocycles. The van der Waals surface area contributed by atoms with Crippen LogP contribution in [0, 0.1) is 5.92 Å². The van der Waals surface area contributed by atoms with E-state index in [2.05, 4.69) is 15.5 Å². The third kappa shape index (κ3) is 3.95. The molecule has 2 bridgehead atoms. The number of amides is 1. The van der Waals surface area contributed by atoms with Crippen LogP contribution in [0.2, 0.25) is 0 Å². The quantitative estimate of drug-likeness (QED) is 0.770. The number of carbonyl (C=O) groups excluding carboxylic acids is 1. The van der Waals surface area contributed by atoms with Crippen molar-refractivity contribution >= 4 is 5.91 Å². The van der Waals surface area contributed by atoms with Crippen LogP contribution in [0.5, 0.6) is 0 Å². The summed E-state index contributed by atoms with van der Waals surface area (Å²) in [6.45, 7) is 3.90. The van der Waals surface area contributed by atoms with Crippen molar-refractivity contribution in [2.24, 2.45) is 5.92 Å². The number of nitrogens with zero attached hydrogens (tertiary/aromatic N) is 1. The fourth-order valence-electron chi connectivity index (χ4n) is 4.07. The Morgan fingerprint density at radius 3 is 2.55 bits per heavy atom. The van der Waals surface area contributed by atoms with Crippen molar-refractivity contribution in [3.8, 4) is 0 Å². The highest BCUT2D eigenvalue weighted by molar-refractivity contribution is 5.78. The smallest absolute Gasteiger partial charge is 0.234 e. The van der Waals surface area contributed by atoms with E-state index in [1.54, 1.807) is 0 Å². The Balaban J connectivity index is 1.46. The van der Waals surface area contributed by atoms with Gasteiger partial charge in [-0.1, -0.05) is 25.7 Å². The highest BCUT2D eigenvalue weighted by Gasteiger charge is 2.29. The Labute approximate surface area is 122 Å². The molecule has 2 N–H and O–H groups in total. The molecule has 3 saturated heterocycles. The van der Waals surface area contributed by atoms with Crippen molar-refractivity contribution in [2.45, 2.75) is 63.5 Å². The predicted octanol–water partition coefficient (Wildman–Crippen LogP) is 1.51. The highest BCUT2D eigenvalue weighted by Crippen LogP contribution is 2.21. The van der Waals surface area contributed by atoms with Crippen LogP contribution in [0.25, 0.3) is 0 Å². The third-order valence-corrected chi connectivity index (χ3v) is 5.20. The maximum Gasteiger partial charge on any atom is 0.234 e. The van der Waals surface area contributed by atoms with Crippen LogP contribution in [0.15, 0.2) is 0 Å². The molecule has 114 valence electrons. The molecular formula is C16H29N3O. The first kappa shape index (κ1) is 14.3. The molecule has 1 aliphatic carbocycles. The van der Waals surface area contributed by atoms with Gasteiger partial charge in [-0.25, -0.2) is 0 Å². The van der Waals surface area contributed by atoms with Crippen molar-refractivity contribution in [3.05, 3.63) is 0 Å². The van der Waals surface area contributed by atoms with Gasteiger partial charge in [0.15, 0.2) is 0 Å². The molecule has 0 unspecified atom stereocenters. The molecule has 20 heavy (non-hydrogen) atoms. The molecule has 0 radical (unpaired) electrons. The largest absolute Gasteiger partial charge is 0.352 e. The second-order valence-electron chi connectivity index (χ2n) is 7.00. The highest BCUT2D eigenvalue weighted by atomic mass is 16.2. The first-order valence-corrected chi connectivity index (χ1v) is 8.55. The van der Waals surface area contributed by atoms with Crippen LogP contribution in [0.4, 0.5) is 0 Å². The molecule has 0 aromatic rings. The van der Waals surface area contributed by atoms with Crippen LogP contribution in [-0.4, -0.2) is 49.1 Å². The molecule has 0 aromatic carbocycles. The molecule has 0 spiro atoms. The average molecular weight is 279 g/mol. The number of nitrogens with one attached hydrogen (secondary N) is 2. The van der Waals surface area contributed by atoms with Crippen molar-refractivity contribution < 1.29 is 4.79 Å². The van der Waals surface area contributed by atoms with Gasteiger partial charge in [-0.05, 0) is 38.1 Å². The molecule has 4 heteroatoms. The van der Waals surface area contributed by atoms with Crippen LogP contribution >= 0.6 is 0 Å². The lowest BCUT2D eigenvalue weighted by Gasteiger charge is -2.23. The van der Waals surface area contributed by atoms with Crippen molar-refractivity contribution in [3.63, 3.8) is 0 Å². The zero-order valence-electron chi connectivity index (χ0n) is 12.6. The van der Waals surface area contributed by atoms with E-state index in [4.69, 9.17) is 0 Å². The van der Waals surface area contributed by atoms with E-state index < -0.39 is 0 Å². The summed E-state index contributed by atoms with van der Waals surface area (Å²) in [6.07, 6.45) is 10.2. The van der Waals surface area contributed by atoms with Gasteiger partial charge in [0.1, 0.15) is 0 Å². The van der Waals surface area contributed by atoms with E-state index >= 15 is 0 Å². The molecule has 4 aliphatic rings. The Bertz CT molecular complexity index is 304. The summed E-state index contributed by atoms with van der Waals surface area (Å²) in [6, 6.07) is 1.05. The van der Waals surface area contributed by atoms with E-state index in [0.717, 1.165) is 25.6 Å². The molecule has 3 aliphatic heterocycles. The summed E-state index contributed by atoms with van der Waals surface area (Å²) in [7, 11) is 0. The molecule has 1 saturated carbocycles. The lowest BCUT2D eigenvalue weighted by atomic mass is 9.97. The van der Waals surface area contributed by atoms with Gasteiger partial charge >= 0.3 is 0 Å². The Hall–Kier alpha value is -0.610. The number of hydrogen-bond acceptors (Lipinski definition) is 3. The summed E-state index contributed by atoms with van der Waals surface area (Å²) >= 11 is 0. The Morgan fingerprint density at radius 2 is 1.85 bits per heavy atom. The fourth-order valence-corrected chi connectivity index (χ4v) is 4.07. The van der Waals surface area contributed by atoms with Gasteiger partial charge in [0, 0.05) is 25.2 Å². The second-order valence-corrected chi connectivity index (χ2v) is 7.00. The molecule has 3 heterocycles. The van der Waals surface area contributed by atoms with Crippen molar-refractivity contribution in [2.75, 3.05) is 26.2 Å². The van der Waals surface area contributed by atoms with Gasteiger partial charge in [0.2, 0.25) is 5.91 Å².